The zero-order valence-corrected chi connectivity index (χ0v) is 7.27. The summed E-state index contributed by atoms with van der Waals surface area (Å²) in [5.74, 6) is -0.547. The van der Waals surface area contributed by atoms with E-state index in [1.165, 1.54) is 6.20 Å². The van der Waals surface area contributed by atoms with E-state index in [0.29, 0.717) is 5.56 Å². The summed E-state index contributed by atoms with van der Waals surface area (Å²) in [4.78, 5) is 15.1. The van der Waals surface area contributed by atoms with Gasteiger partial charge in [-0.15, -0.1) is 0 Å². The molecule has 1 amide bonds. The molecule has 0 aliphatic rings. The molecule has 2 rings (SSSR count). The van der Waals surface area contributed by atoms with E-state index in [9.17, 15) is 4.79 Å². The third-order valence-electron chi connectivity index (χ3n) is 2.01. The summed E-state index contributed by atoms with van der Waals surface area (Å²) >= 11 is 0. The monoisotopic (exact) mass is 188 g/mol. The molecule has 0 saturated carbocycles. The zero-order chi connectivity index (χ0) is 9.97. The number of aromatic nitrogens is 1. The highest BCUT2D eigenvalue weighted by molar-refractivity contribution is 6.05. The maximum Gasteiger partial charge on any atom is 0.276 e. The third-order valence-corrected chi connectivity index (χ3v) is 2.01. The summed E-state index contributed by atoms with van der Waals surface area (Å²) in [5.41, 5.74) is 1.96. The molecule has 2 aromatic rings. The number of nitrogens with zero attached hydrogens (tertiary/aromatic N) is 1. The second-order valence-electron chi connectivity index (χ2n) is 2.85. The molecule has 70 valence electrons. The fourth-order valence-electron chi connectivity index (χ4n) is 1.36. The molecular weight excluding hydrogens is 180 g/mol. The smallest absolute Gasteiger partial charge is 0.276 e. The van der Waals surface area contributed by atoms with Crippen molar-refractivity contribution in [3.63, 3.8) is 0 Å². The number of benzene rings is 1. The predicted molar refractivity (Wildman–Crippen MR) is 51.0 cm³/mol. The summed E-state index contributed by atoms with van der Waals surface area (Å²) in [5, 5.41) is 10.2. The van der Waals surface area contributed by atoms with Crippen molar-refractivity contribution in [2.24, 2.45) is 0 Å². The van der Waals surface area contributed by atoms with Crippen LogP contribution in [-0.4, -0.2) is 16.1 Å². The van der Waals surface area contributed by atoms with Crippen molar-refractivity contribution >= 4 is 16.7 Å². The molecule has 0 fully saturated rings. The number of hydrogen-bond acceptors (Lipinski definition) is 3. The normalized spacial score (nSPS) is 10.1. The molecule has 2 N–H and O–H groups in total. The van der Waals surface area contributed by atoms with Gasteiger partial charge in [0.2, 0.25) is 0 Å². The summed E-state index contributed by atoms with van der Waals surface area (Å²) in [6.07, 6.45) is 3.09. The molecule has 0 atom stereocenters. The molecule has 1 heterocycles. The van der Waals surface area contributed by atoms with Gasteiger partial charge in [-0.1, -0.05) is 24.3 Å². The highest BCUT2D eigenvalue weighted by Gasteiger charge is 2.08. The van der Waals surface area contributed by atoms with Crippen molar-refractivity contribution in [3.8, 4) is 0 Å². The van der Waals surface area contributed by atoms with Gasteiger partial charge in [0, 0.05) is 17.8 Å². The van der Waals surface area contributed by atoms with Crippen LogP contribution in [0.25, 0.3) is 10.8 Å². The van der Waals surface area contributed by atoms with Crippen molar-refractivity contribution in [2.45, 2.75) is 0 Å². The Morgan fingerprint density at radius 3 is 2.86 bits per heavy atom. The van der Waals surface area contributed by atoms with Crippen molar-refractivity contribution < 1.29 is 10.0 Å². The van der Waals surface area contributed by atoms with Gasteiger partial charge in [-0.2, -0.15) is 0 Å². The molecule has 0 radical (unpaired) electrons. The minimum atomic E-state index is -0.547. The predicted octanol–water partition coefficient (Wildman–Crippen LogP) is 1.35. The van der Waals surface area contributed by atoms with Gasteiger partial charge in [0.15, 0.2) is 0 Å². The van der Waals surface area contributed by atoms with Gasteiger partial charge < -0.3 is 0 Å². The number of nitrogens with one attached hydrogen (secondary N) is 1. The molecule has 0 aliphatic heterocycles. The number of hydroxylamine groups is 1. The molecule has 1 aromatic heterocycles. The van der Waals surface area contributed by atoms with E-state index in [0.717, 1.165) is 10.8 Å². The summed E-state index contributed by atoms with van der Waals surface area (Å²) in [6.45, 7) is 0. The van der Waals surface area contributed by atoms with Gasteiger partial charge in [0.25, 0.3) is 5.91 Å². The third kappa shape index (κ3) is 1.31. The lowest BCUT2D eigenvalue weighted by atomic mass is 10.1. The number of carbonyl (C=O) groups is 1. The first-order valence-corrected chi connectivity index (χ1v) is 4.10. The van der Waals surface area contributed by atoms with E-state index in [1.54, 1.807) is 11.7 Å². The summed E-state index contributed by atoms with van der Waals surface area (Å²) in [7, 11) is 0. The minimum Gasteiger partial charge on any atom is -0.288 e. The van der Waals surface area contributed by atoms with Crippen molar-refractivity contribution in [2.75, 3.05) is 0 Å². The first kappa shape index (κ1) is 8.65. The van der Waals surface area contributed by atoms with E-state index in [1.807, 2.05) is 24.3 Å². The lowest BCUT2D eigenvalue weighted by Crippen LogP contribution is -2.19. The molecule has 14 heavy (non-hydrogen) atoms. The Morgan fingerprint density at radius 1 is 1.29 bits per heavy atom. The zero-order valence-electron chi connectivity index (χ0n) is 7.27. The second kappa shape index (κ2) is 3.43. The molecule has 0 unspecified atom stereocenters. The quantitative estimate of drug-likeness (QED) is 0.524. The molecule has 1 aromatic carbocycles. The first-order valence-electron chi connectivity index (χ1n) is 4.10. The maximum atomic E-state index is 11.2. The Kier molecular flexibility index (Phi) is 2.12. The van der Waals surface area contributed by atoms with Crippen LogP contribution in [0.3, 0.4) is 0 Å². The van der Waals surface area contributed by atoms with Crippen LogP contribution in [0.5, 0.6) is 0 Å². The first-order chi connectivity index (χ1) is 6.83. The summed E-state index contributed by atoms with van der Waals surface area (Å²) in [6, 6.07) is 7.36. The van der Waals surface area contributed by atoms with Crippen LogP contribution in [-0.2, 0) is 0 Å². The molecule has 0 spiro atoms. The van der Waals surface area contributed by atoms with Gasteiger partial charge in [-0.05, 0) is 5.39 Å². The Labute approximate surface area is 80.2 Å². The van der Waals surface area contributed by atoms with Crippen LogP contribution in [0, 0.1) is 0 Å². The number of amides is 1. The van der Waals surface area contributed by atoms with Crippen molar-refractivity contribution in [1.82, 2.24) is 10.5 Å². The largest absolute Gasteiger partial charge is 0.288 e. The number of hydrogen-bond donors (Lipinski definition) is 2. The van der Waals surface area contributed by atoms with E-state index in [2.05, 4.69) is 4.98 Å². The van der Waals surface area contributed by atoms with E-state index in [-0.39, 0.29) is 0 Å². The van der Waals surface area contributed by atoms with Crippen molar-refractivity contribution in [1.29, 1.82) is 0 Å². The van der Waals surface area contributed by atoms with Crippen LogP contribution >= 0.6 is 0 Å². The van der Waals surface area contributed by atoms with E-state index in [4.69, 9.17) is 5.21 Å². The molecule has 4 heteroatoms. The van der Waals surface area contributed by atoms with E-state index < -0.39 is 5.91 Å². The number of pyridine rings is 1. The second-order valence-corrected chi connectivity index (χ2v) is 2.85. The fraction of sp³-hybridized carbons (Fsp3) is 0. The summed E-state index contributed by atoms with van der Waals surface area (Å²) < 4.78 is 0. The van der Waals surface area contributed by atoms with Gasteiger partial charge >= 0.3 is 0 Å². The molecule has 0 aliphatic carbocycles. The van der Waals surface area contributed by atoms with Gasteiger partial charge in [-0.25, -0.2) is 5.48 Å². The van der Waals surface area contributed by atoms with Crippen LogP contribution < -0.4 is 5.48 Å². The Hall–Kier alpha value is -1.94. The average molecular weight is 188 g/mol. The molecule has 0 bridgehead atoms. The number of rotatable bonds is 1. The highest BCUT2D eigenvalue weighted by atomic mass is 16.5. The van der Waals surface area contributed by atoms with Crippen LogP contribution in [0.4, 0.5) is 0 Å². The minimum absolute atomic E-state index is 0.366. The lowest BCUT2D eigenvalue weighted by molar-refractivity contribution is 0.0708. The standard InChI is InChI=1S/C10H8N2O2/c13-10(12-14)9-6-11-5-7-3-1-2-4-8(7)9/h1-6,14H,(H,12,13). The Balaban J connectivity index is 2.71. The molecular formula is C10H8N2O2. The maximum absolute atomic E-state index is 11.2. The molecule has 4 nitrogen and oxygen atoms in total. The number of carbonyl (C=O) groups excluding carboxylic acids is 1. The van der Waals surface area contributed by atoms with E-state index >= 15 is 0 Å². The van der Waals surface area contributed by atoms with Crippen LogP contribution in [0.2, 0.25) is 0 Å². The average Bonchev–Trinajstić information content (AvgIpc) is 2.27. The molecule has 0 saturated heterocycles. The van der Waals surface area contributed by atoms with Gasteiger partial charge in [0.05, 0.1) is 5.56 Å². The lowest BCUT2D eigenvalue weighted by Gasteiger charge is -2.02. The Morgan fingerprint density at radius 2 is 2.07 bits per heavy atom. The highest BCUT2D eigenvalue weighted by Crippen LogP contribution is 2.16. The van der Waals surface area contributed by atoms with Crippen molar-refractivity contribution in [3.05, 3.63) is 42.2 Å². The SMILES string of the molecule is O=C(NO)c1cncc2ccccc12. The van der Waals surface area contributed by atoms with Gasteiger partial charge in [-0.3, -0.25) is 15.0 Å². The van der Waals surface area contributed by atoms with Gasteiger partial charge in [0.1, 0.15) is 0 Å². The fourth-order valence-corrected chi connectivity index (χ4v) is 1.36. The van der Waals surface area contributed by atoms with Crippen LogP contribution in [0.15, 0.2) is 36.7 Å². The topological polar surface area (TPSA) is 62.2 Å². The Bertz CT molecular complexity index is 477. The van der Waals surface area contributed by atoms with Crippen LogP contribution in [0.1, 0.15) is 10.4 Å². The number of fused-ring (bicyclic) bond motifs is 1.